The molecule has 0 atom stereocenters. The number of benzene rings is 2. The van der Waals surface area contributed by atoms with E-state index in [9.17, 15) is 4.79 Å². The van der Waals surface area contributed by atoms with Gasteiger partial charge in [0.1, 0.15) is 5.75 Å². The van der Waals surface area contributed by atoms with Gasteiger partial charge in [0, 0.05) is 38.4 Å². The first-order valence-electron chi connectivity index (χ1n) is 8.92. The lowest BCUT2D eigenvalue weighted by molar-refractivity contribution is 0.181. The van der Waals surface area contributed by atoms with E-state index in [-0.39, 0.29) is 6.03 Å². The van der Waals surface area contributed by atoms with Crippen LogP contribution in [0.1, 0.15) is 5.56 Å². The fourth-order valence-electron chi connectivity index (χ4n) is 2.87. The van der Waals surface area contributed by atoms with Gasteiger partial charge in [0.2, 0.25) is 0 Å². The van der Waals surface area contributed by atoms with Gasteiger partial charge >= 0.3 is 6.03 Å². The van der Waals surface area contributed by atoms with Crippen LogP contribution in [-0.4, -0.2) is 54.2 Å². The molecule has 2 aromatic carbocycles. The zero-order chi connectivity index (χ0) is 19.1. The van der Waals surface area contributed by atoms with Crippen molar-refractivity contribution in [2.24, 2.45) is 0 Å². The number of urea groups is 1. The number of nitrogens with zero attached hydrogens (tertiary/aromatic N) is 2. The number of methoxy groups -OCH3 is 1. The predicted molar refractivity (Wildman–Crippen MR) is 111 cm³/mol. The first-order valence-corrected chi connectivity index (χ1v) is 9.33. The quantitative estimate of drug-likeness (QED) is 0.794. The Balaban J connectivity index is 1.42. The largest absolute Gasteiger partial charge is 0.497 e. The maximum Gasteiger partial charge on any atom is 0.321 e. The van der Waals surface area contributed by atoms with E-state index in [1.807, 2.05) is 59.5 Å². The lowest BCUT2D eigenvalue weighted by Gasteiger charge is -2.36. The molecule has 142 valence electrons. The fraction of sp³-hybridized carbons (Fsp3) is 0.300. The number of anilines is 1. The van der Waals surface area contributed by atoms with Gasteiger partial charge < -0.3 is 25.2 Å². The molecule has 0 saturated carbocycles. The van der Waals surface area contributed by atoms with Gasteiger partial charge in [0.15, 0.2) is 5.11 Å². The van der Waals surface area contributed by atoms with Gasteiger partial charge in [-0.15, -0.1) is 0 Å². The smallest absolute Gasteiger partial charge is 0.321 e. The van der Waals surface area contributed by atoms with Crippen LogP contribution < -0.4 is 15.4 Å². The normalized spacial score (nSPS) is 13.8. The highest BCUT2D eigenvalue weighted by atomic mass is 32.1. The number of carbonyl (C=O) groups is 1. The summed E-state index contributed by atoms with van der Waals surface area (Å²) in [4.78, 5) is 16.3. The van der Waals surface area contributed by atoms with Crippen LogP contribution in [0.4, 0.5) is 10.5 Å². The molecule has 2 aromatic rings. The highest BCUT2D eigenvalue weighted by Gasteiger charge is 2.22. The van der Waals surface area contributed by atoms with E-state index >= 15 is 0 Å². The minimum Gasteiger partial charge on any atom is -0.497 e. The molecular formula is C20H24N4O2S. The van der Waals surface area contributed by atoms with E-state index in [2.05, 4.69) is 15.5 Å². The second-order valence-corrected chi connectivity index (χ2v) is 6.66. The molecule has 1 heterocycles. The second kappa shape index (κ2) is 9.23. The Morgan fingerprint density at radius 1 is 1.00 bits per heavy atom. The summed E-state index contributed by atoms with van der Waals surface area (Å²) in [5.41, 5.74) is 1.95. The minimum absolute atomic E-state index is 0.0713. The Morgan fingerprint density at radius 2 is 1.63 bits per heavy atom. The van der Waals surface area contributed by atoms with Crippen molar-refractivity contribution in [1.82, 2.24) is 15.1 Å². The predicted octanol–water partition coefficient (Wildman–Crippen LogP) is 2.92. The van der Waals surface area contributed by atoms with Crippen LogP contribution in [0.15, 0.2) is 54.6 Å². The Hall–Kier alpha value is -2.80. The third kappa shape index (κ3) is 5.34. The summed E-state index contributed by atoms with van der Waals surface area (Å²) in [7, 11) is 1.65. The summed E-state index contributed by atoms with van der Waals surface area (Å²) < 4.78 is 5.17. The Bertz CT molecular complexity index is 759. The average Bonchev–Trinajstić information content (AvgIpc) is 2.73. The topological polar surface area (TPSA) is 56.8 Å². The summed E-state index contributed by atoms with van der Waals surface area (Å²) >= 11 is 5.50. The Kier molecular flexibility index (Phi) is 6.49. The number of ether oxygens (including phenoxy) is 1. The maximum absolute atomic E-state index is 12.3. The molecule has 2 amide bonds. The van der Waals surface area contributed by atoms with Crippen molar-refractivity contribution in [3.8, 4) is 5.75 Å². The minimum atomic E-state index is -0.0713. The number of hydrogen-bond acceptors (Lipinski definition) is 3. The lowest BCUT2D eigenvalue weighted by atomic mass is 10.2. The number of rotatable bonds is 4. The number of amides is 2. The molecule has 1 fully saturated rings. The Labute approximate surface area is 165 Å². The first-order chi connectivity index (χ1) is 13.2. The van der Waals surface area contributed by atoms with Crippen molar-refractivity contribution < 1.29 is 9.53 Å². The highest BCUT2D eigenvalue weighted by molar-refractivity contribution is 7.80. The number of piperazine rings is 1. The van der Waals surface area contributed by atoms with Crippen molar-refractivity contribution in [2.45, 2.75) is 6.54 Å². The van der Waals surface area contributed by atoms with E-state index in [0.717, 1.165) is 30.1 Å². The van der Waals surface area contributed by atoms with Crippen molar-refractivity contribution >= 4 is 29.0 Å². The van der Waals surface area contributed by atoms with E-state index in [4.69, 9.17) is 17.0 Å². The summed E-state index contributed by atoms with van der Waals surface area (Å²) in [6.07, 6.45) is 0. The van der Waals surface area contributed by atoms with Crippen LogP contribution >= 0.6 is 12.2 Å². The molecule has 0 unspecified atom stereocenters. The molecule has 1 aliphatic heterocycles. The molecule has 6 nitrogen and oxygen atoms in total. The zero-order valence-electron chi connectivity index (χ0n) is 15.4. The molecular weight excluding hydrogens is 360 g/mol. The number of nitrogens with one attached hydrogen (secondary N) is 2. The molecule has 0 radical (unpaired) electrons. The van der Waals surface area contributed by atoms with Crippen molar-refractivity contribution in [2.75, 3.05) is 38.6 Å². The molecule has 2 N–H and O–H groups in total. The van der Waals surface area contributed by atoms with E-state index in [1.54, 1.807) is 7.11 Å². The highest BCUT2D eigenvalue weighted by Crippen LogP contribution is 2.12. The van der Waals surface area contributed by atoms with Crippen molar-refractivity contribution in [1.29, 1.82) is 0 Å². The third-order valence-electron chi connectivity index (χ3n) is 4.48. The molecule has 27 heavy (non-hydrogen) atoms. The lowest BCUT2D eigenvalue weighted by Crippen LogP contribution is -2.53. The van der Waals surface area contributed by atoms with Gasteiger partial charge in [-0.2, -0.15) is 0 Å². The molecule has 0 aliphatic carbocycles. The van der Waals surface area contributed by atoms with Crippen LogP contribution in [0, 0.1) is 0 Å². The van der Waals surface area contributed by atoms with Crippen molar-refractivity contribution in [3.63, 3.8) is 0 Å². The van der Waals surface area contributed by atoms with Crippen LogP contribution in [0.2, 0.25) is 0 Å². The monoisotopic (exact) mass is 384 g/mol. The van der Waals surface area contributed by atoms with Gasteiger partial charge in [-0.3, -0.25) is 0 Å². The molecule has 0 spiro atoms. The summed E-state index contributed by atoms with van der Waals surface area (Å²) in [6.45, 7) is 3.39. The molecule has 1 saturated heterocycles. The Morgan fingerprint density at radius 3 is 2.26 bits per heavy atom. The number of para-hydroxylation sites is 1. The second-order valence-electron chi connectivity index (χ2n) is 6.28. The number of hydrogen-bond donors (Lipinski definition) is 2. The van der Waals surface area contributed by atoms with Crippen LogP contribution in [-0.2, 0) is 6.54 Å². The van der Waals surface area contributed by atoms with E-state index < -0.39 is 0 Å². The van der Waals surface area contributed by atoms with Gasteiger partial charge in [-0.05, 0) is 42.0 Å². The summed E-state index contributed by atoms with van der Waals surface area (Å²) in [5, 5.41) is 6.93. The van der Waals surface area contributed by atoms with Crippen LogP contribution in [0.5, 0.6) is 5.75 Å². The third-order valence-corrected chi connectivity index (χ3v) is 4.88. The molecule has 7 heteroatoms. The van der Waals surface area contributed by atoms with Gasteiger partial charge in [0.25, 0.3) is 0 Å². The SMILES string of the molecule is COc1ccc(CNC(=S)N2CCN(C(=O)Nc3ccccc3)CC2)cc1. The summed E-state index contributed by atoms with van der Waals surface area (Å²) in [6, 6.07) is 17.3. The standard InChI is InChI=1S/C20H24N4O2S/c1-26-18-9-7-16(8-10-18)15-21-20(27)24-13-11-23(12-14-24)19(25)22-17-5-3-2-4-6-17/h2-10H,11-15H2,1H3,(H,21,27)(H,22,25). The van der Waals surface area contributed by atoms with Crippen molar-refractivity contribution in [3.05, 3.63) is 60.2 Å². The molecule has 0 aromatic heterocycles. The van der Waals surface area contributed by atoms with E-state index in [1.165, 1.54) is 0 Å². The van der Waals surface area contributed by atoms with Crippen LogP contribution in [0.3, 0.4) is 0 Å². The van der Waals surface area contributed by atoms with Gasteiger partial charge in [-0.25, -0.2) is 4.79 Å². The number of carbonyl (C=O) groups excluding carboxylic acids is 1. The van der Waals surface area contributed by atoms with E-state index in [0.29, 0.717) is 24.7 Å². The fourth-order valence-corrected chi connectivity index (χ4v) is 3.12. The van der Waals surface area contributed by atoms with Gasteiger partial charge in [0.05, 0.1) is 7.11 Å². The molecule has 1 aliphatic rings. The number of thiocarbonyl (C=S) groups is 1. The maximum atomic E-state index is 12.3. The summed E-state index contributed by atoms with van der Waals surface area (Å²) in [5.74, 6) is 0.839. The van der Waals surface area contributed by atoms with Crippen LogP contribution in [0.25, 0.3) is 0 Å². The first kappa shape index (κ1) is 19.0. The zero-order valence-corrected chi connectivity index (χ0v) is 16.2. The van der Waals surface area contributed by atoms with Gasteiger partial charge in [-0.1, -0.05) is 30.3 Å². The molecule has 3 rings (SSSR count). The molecule has 0 bridgehead atoms. The average molecular weight is 385 g/mol.